The summed E-state index contributed by atoms with van der Waals surface area (Å²) in [7, 11) is 0. The minimum atomic E-state index is -0.967. The zero-order chi connectivity index (χ0) is 48.3. The van der Waals surface area contributed by atoms with Crippen molar-refractivity contribution in [3.8, 4) is 33.8 Å². The molecule has 12 rings (SSSR count). The van der Waals surface area contributed by atoms with Gasteiger partial charge >= 0.3 is 0 Å². The van der Waals surface area contributed by atoms with Crippen LogP contribution in [0.5, 0.6) is 11.5 Å². The second-order valence-electron chi connectivity index (χ2n) is 18.4. The van der Waals surface area contributed by atoms with Gasteiger partial charge in [-0.05, 0) is 121 Å². The van der Waals surface area contributed by atoms with Crippen molar-refractivity contribution in [3.05, 3.63) is 164 Å². The predicted molar refractivity (Wildman–Crippen MR) is 272 cm³/mol. The second-order valence-corrected chi connectivity index (χ2v) is 20.2. The molecule has 0 bridgehead atoms. The van der Waals surface area contributed by atoms with Crippen LogP contribution in [0.15, 0.2) is 122 Å². The Balaban J connectivity index is 0.000000152. The van der Waals surface area contributed by atoms with Gasteiger partial charge in [-0.15, -0.1) is 0 Å². The maximum absolute atomic E-state index is 13.4. The number of pyridine rings is 2. The van der Waals surface area contributed by atoms with Crippen LogP contribution in [-0.2, 0) is 33.6 Å². The van der Waals surface area contributed by atoms with E-state index in [9.17, 15) is 19.8 Å². The average Bonchev–Trinajstić information content (AvgIpc) is 4.21. The standard InChI is InChI=1S/2C27H23Cl2N3O3/c2*28-18-3-1-17(2-4-18)27(34)7-11-32(12-8-27)26(33)23-14-16-13-19(29)15-22(24(16)35-23)20-5-9-30-25-21(20)6-10-31-25/h2*1-6,9-10,13,15,23,34H,7-8,11-12,14H2,(H,30,31)/t2*23-/m10/s1. The van der Waals surface area contributed by atoms with Crippen molar-refractivity contribution in [2.75, 3.05) is 26.2 Å². The number of aromatic nitrogens is 4. The molecule has 2 saturated heterocycles. The third kappa shape index (κ3) is 8.75. The molecule has 16 heteroatoms. The minimum Gasteiger partial charge on any atom is -0.479 e. The Morgan fingerprint density at radius 2 is 0.914 bits per heavy atom. The molecule has 356 valence electrons. The number of aromatic amines is 2. The zero-order valence-electron chi connectivity index (χ0n) is 37.6. The van der Waals surface area contributed by atoms with Gasteiger partial charge in [0.15, 0.2) is 12.2 Å². The van der Waals surface area contributed by atoms with Crippen molar-refractivity contribution in [2.24, 2.45) is 0 Å². The lowest BCUT2D eigenvalue weighted by molar-refractivity contribution is -0.143. The van der Waals surface area contributed by atoms with E-state index in [0.29, 0.717) is 96.3 Å². The highest BCUT2D eigenvalue weighted by molar-refractivity contribution is 6.32. The number of hydrogen-bond donors (Lipinski definition) is 4. The lowest BCUT2D eigenvalue weighted by atomic mass is 9.84. The molecular formula is C54H46Cl4N6O6. The van der Waals surface area contributed by atoms with E-state index in [0.717, 1.165) is 66.6 Å². The number of nitrogens with one attached hydrogen (secondary N) is 2. The Kier molecular flexibility index (Phi) is 12.3. The fourth-order valence-corrected chi connectivity index (χ4v) is 11.1. The van der Waals surface area contributed by atoms with E-state index in [1.807, 2.05) is 85.2 Å². The summed E-state index contributed by atoms with van der Waals surface area (Å²) in [5.74, 6) is 1.25. The van der Waals surface area contributed by atoms with Crippen LogP contribution in [-0.4, -0.2) is 90.2 Å². The number of H-pyrrole nitrogens is 2. The Labute approximate surface area is 423 Å². The highest BCUT2D eigenvalue weighted by Gasteiger charge is 2.42. The number of likely N-dealkylation sites (tertiary alicyclic amines) is 2. The number of nitrogens with zero attached hydrogens (tertiary/aromatic N) is 4. The third-order valence-corrected chi connectivity index (χ3v) is 15.2. The van der Waals surface area contributed by atoms with Gasteiger partial charge in [0.25, 0.3) is 11.8 Å². The van der Waals surface area contributed by atoms with Gasteiger partial charge in [0.2, 0.25) is 0 Å². The lowest BCUT2D eigenvalue weighted by Crippen LogP contribution is -2.49. The van der Waals surface area contributed by atoms with Crippen molar-refractivity contribution in [2.45, 2.75) is 61.9 Å². The number of benzene rings is 4. The average molecular weight is 1020 g/mol. The van der Waals surface area contributed by atoms with Crippen LogP contribution in [0.25, 0.3) is 44.3 Å². The Bertz CT molecular complexity index is 3070. The Hall–Kier alpha value is -6.12. The topological polar surface area (TPSA) is 157 Å². The molecule has 70 heavy (non-hydrogen) atoms. The van der Waals surface area contributed by atoms with Crippen molar-refractivity contribution in [3.63, 3.8) is 0 Å². The molecule has 4 aliphatic heterocycles. The summed E-state index contributed by atoms with van der Waals surface area (Å²) < 4.78 is 12.6. The van der Waals surface area contributed by atoms with Crippen molar-refractivity contribution in [1.82, 2.24) is 29.7 Å². The second kappa shape index (κ2) is 18.6. The minimum absolute atomic E-state index is 0.0667. The molecule has 4 aromatic heterocycles. The van der Waals surface area contributed by atoms with Gasteiger partial charge in [-0.3, -0.25) is 9.59 Å². The first-order valence-electron chi connectivity index (χ1n) is 23.2. The first kappa shape index (κ1) is 46.3. The maximum Gasteiger partial charge on any atom is 0.263 e. The highest BCUT2D eigenvalue weighted by Crippen LogP contribution is 2.46. The summed E-state index contributed by atoms with van der Waals surface area (Å²) in [6.45, 7) is 1.82. The van der Waals surface area contributed by atoms with Gasteiger partial charge < -0.3 is 39.5 Å². The largest absolute Gasteiger partial charge is 0.479 e. The smallest absolute Gasteiger partial charge is 0.263 e. The molecule has 8 aromatic rings. The number of hydrogen-bond acceptors (Lipinski definition) is 8. The summed E-state index contributed by atoms with van der Waals surface area (Å²) in [5.41, 5.74) is 6.72. The molecule has 0 unspecified atom stereocenters. The van der Waals surface area contributed by atoms with Crippen molar-refractivity contribution >= 4 is 80.3 Å². The summed E-state index contributed by atoms with van der Waals surface area (Å²) in [4.78, 5) is 45.4. The summed E-state index contributed by atoms with van der Waals surface area (Å²) in [6, 6.07) is 29.8. The predicted octanol–water partition coefficient (Wildman–Crippen LogP) is 10.7. The summed E-state index contributed by atoms with van der Waals surface area (Å²) >= 11 is 24.9. The number of aliphatic hydroxyl groups is 2. The number of piperidine rings is 2. The molecule has 0 spiro atoms. The van der Waals surface area contributed by atoms with Crippen LogP contribution in [0.2, 0.25) is 20.1 Å². The first-order chi connectivity index (χ1) is 33.8. The van der Waals surface area contributed by atoms with Crippen molar-refractivity contribution < 1.29 is 29.3 Å². The molecule has 8 heterocycles. The van der Waals surface area contributed by atoms with E-state index in [2.05, 4.69) is 19.9 Å². The van der Waals surface area contributed by atoms with Gasteiger partial charge in [-0.1, -0.05) is 70.7 Å². The number of rotatable bonds is 6. The molecule has 4 aliphatic rings. The third-order valence-electron chi connectivity index (χ3n) is 14.2. The van der Waals surface area contributed by atoms with E-state index in [4.69, 9.17) is 55.9 Å². The molecule has 2 amide bonds. The Morgan fingerprint density at radius 3 is 1.30 bits per heavy atom. The zero-order valence-corrected chi connectivity index (χ0v) is 40.6. The van der Waals surface area contributed by atoms with Crippen LogP contribution in [0.4, 0.5) is 0 Å². The molecule has 4 aromatic carbocycles. The van der Waals surface area contributed by atoms with Crippen LogP contribution in [0, 0.1) is 0 Å². The van der Waals surface area contributed by atoms with E-state index in [-0.39, 0.29) is 11.8 Å². The number of fused-ring (bicyclic) bond motifs is 4. The normalized spacial score (nSPS) is 18.9. The fraction of sp³-hybridized carbons (Fsp3) is 0.259. The Morgan fingerprint density at radius 1 is 0.529 bits per heavy atom. The van der Waals surface area contributed by atoms with Crippen LogP contribution in [0.3, 0.4) is 0 Å². The summed E-state index contributed by atoms with van der Waals surface area (Å²) in [5, 5.41) is 26.7. The van der Waals surface area contributed by atoms with Gasteiger partial charge in [0.05, 0.1) is 11.2 Å². The molecule has 12 nitrogen and oxygen atoms in total. The maximum atomic E-state index is 13.4. The van der Waals surface area contributed by atoms with Gasteiger partial charge in [0, 0.05) is 117 Å². The number of ether oxygens (including phenoxy) is 2. The van der Waals surface area contributed by atoms with E-state index < -0.39 is 23.4 Å². The first-order valence-corrected chi connectivity index (χ1v) is 24.7. The van der Waals surface area contributed by atoms with E-state index >= 15 is 0 Å². The number of halogens is 4. The van der Waals surface area contributed by atoms with E-state index in [1.165, 1.54) is 0 Å². The molecule has 4 N–H and O–H groups in total. The number of carbonyl (C=O) groups excluding carboxylic acids is 2. The molecule has 0 radical (unpaired) electrons. The monoisotopic (exact) mass is 1010 g/mol. The van der Waals surface area contributed by atoms with Gasteiger partial charge in [0.1, 0.15) is 22.8 Å². The number of amides is 2. The highest BCUT2D eigenvalue weighted by atomic mass is 35.5. The molecule has 0 aliphatic carbocycles. The fourth-order valence-electron chi connectivity index (χ4n) is 10.4. The van der Waals surface area contributed by atoms with Gasteiger partial charge in [-0.25, -0.2) is 9.97 Å². The molecular weight excluding hydrogens is 970 g/mol. The lowest BCUT2D eigenvalue weighted by Gasteiger charge is -2.39. The van der Waals surface area contributed by atoms with E-state index in [1.54, 1.807) is 46.5 Å². The quantitative estimate of drug-likeness (QED) is 0.128. The van der Waals surface area contributed by atoms with Crippen molar-refractivity contribution in [1.29, 1.82) is 0 Å². The van der Waals surface area contributed by atoms with Gasteiger partial charge in [-0.2, -0.15) is 0 Å². The number of carbonyl (C=O) groups is 2. The SMILES string of the molecule is O=C([C@@H]1Cc2cc(Cl)cc(-c3ccnc4[nH]ccc34)c2O1)N1CCC(O)(c2ccc(Cl)cc2)CC1.O=C([C@H]1Cc2cc(Cl)cc(-c3ccnc4[nH]ccc34)c2O1)N1CCC(O)(c2ccc(Cl)cc2)CC1. The molecule has 0 saturated carbocycles. The molecule has 2 fully saturated rings. The van der Waals surface area contributed by atoms with Crippen LogP contribution < -0.4 is 9.47 Å². The molecule has 2 atom stereocenters. The summed E-state index contributed by atoms with van der Waals surface area (Å²) in [6.07, 6.45) is 8.70. The van der Waals surface area contributed by atoms with Crippen LogP contribution >= 0.6 is 46.4 Å². The van der Waals surface area contributed by atoms with Crippen LogP contribution in [0.1, 0.15) is 47.9 Å².